The van der Waals surface area contributed by atoms with Gasteiger partial charge >= 0.3 is 5.97 Å². The molecule has 0 aromatic rings. The number of aliphatic carboxylic acids is 1. The number of carbonyl (C=O) groups excluding carboxylic acids is 2. The van der Waals surface area contributed by atoms with E-state index in [1.165, 1.54) is 7.11 Å². The van der Waals surface area contributed by atoms with Crippen LogP contribution in [0.3, 0.4) is 0 Å². The van der Waals surface area contributed by atoms with Crippen LogP contribution in [0.2, 0.25) is 0 Å². The Morgan fingerprint density at radius 2 is 1.82 bits per heavy atom. The van der Waals surface area contributed by atoms with Crippen molar-refractivity contribution in [1.82, 2.24) is 4.90 Å². The van der Waals surface area contributed by atoms with Crippen molar-refractivity contribution in [2.24, 2.45) is 5.73 Å². The Hall–Kier alpha value is -1.63. The summed E-state index contributed by atoms with van der Waals surface area (Å²) in [5.74, 6) is -2.44. The van der Waals surface area contributed by atoms with E-state index >= 15 is 0 Å². The normalized spacial score (nSPS) is 11.0. The highest BCUT2D eigenvalue weighted by atomic mass is 16.5. The molecule has 0 aliphatic heterocycles. The van der Waals surface area contributed by atoms with Gasteiger partial charge in [0.2, 0.25) is 11.8 Å². The molecule has 0 heterocycles. The monoisotopic (exact) mass is 246 g/mol. The summed E-state index contributed by atoms with van der Waals surface area (Å²) in [6.45, 7) is 2.41. The van der Waals surface area contributed by atoms with Gasteiger partial charge in [0.1, 0.15) is 6.54 Å². The number of hydrogen-bond donors (Lipinski definition) is 2. The van der Waals surface area contributed by atoms with Crippen molar-refractivity contribution < 1.29 is 24.2 Å². The maximum absolute atomic E-state index is 11.8. The average Bonchev–Trinajstić information content (AvgIpc) is 2.14. The Morgan fingerprint density at radius 3 is 2.18 bits per heavy atom. The SMILES string of the molecule is COC(C)(C)CC(=O)N(CC(N)=O)CC(=O)O. The highest BCUT2D eigenvalue weighted by molar-refractivity contribution is 5.87. The van der Waals surface area contributed by atoms with E-state index in [1.54, 1.807) is 13.8 Å². The molecule has 0 aromatic heterocycles. The van der Waals surface area contributed by atoms with Crippen molar-refractivity contribution in [3.05, 3.63) is 0 Å². The van der Waals surface area contributed by atoms with Gasteiger partial charge in [-0.15, -0.1) is 0 Å². The molecular formula is C10H18N2O5. The Balaban J connectivity index is 4.63. The summed E-state index contributed by atoms with van der Waals surface area (Å²) >= 11 is 0. The number of primary amides is 1. The zero-order valence-corrected chi connectivity index (χ0v) is 10.2. The number of carboxylic acids is 1. The van der Waals surface area contributed by atoms with Crippen LogP contribution in [0.25, 0.3) is 0 Å². The highest BCUT2D eigenvalue weighted by Crippen LogP contribution is 2.14. The van der Waals surface area contributed by atoms with Gasteiger partial charge in [0.15, 0.2) is 0 Å². The number of amides is 2. The molecule has 0 radical (unpaired) electrons. The third-order valence-electron chi connectivity index (χ3n) is 2.16. The first-order valence-electron chi connectivity index (χ1n) is 5.01. The Labute approximate surface area is 99.5 Å². The first-order chi connectivity index (χ1) is 7.68. The van der Waals surface area contributed by atoms with Gasteiger partial charge in [0.25, 0.3) is 0 Å². The van der Waals surface area contributed by atoms with Crippen LogP contribution in [0.5, 0.6) is 0 Å². The average molecular weight is 246 g/mol. The van der Waals surface area contributed by atoms with Crippen molar-refractivity contribution in [1.29, 1.82) is 0 Å². The van der Waals surface area contributed by atoms with Crippen molar-refractivity contribution in [2.45, 2.75) is 25.9 Å². The number of carboxylic acid groups (broad SMARTS) is 1. The predicted octanol–water partition coefficient (Wildman–Crippen LogP) is -0.800. The molecule has 3 N–H and O–H groups in total. The van der Waals surface area contributed by atoms with E-state index < -0.39 is 36.5 Å². The lowest BCUT2D eigenvalue weighted by molar-refractivity contribution is -0.148. The molecule has 0 bridgehead atoms. The van der Waals surface area contributed by atoms with Crippen molar-refractivity contribution >= 4 is 17.8 Å². The third-order valence-corrected chi connectivity index (χ3v) is 2.16. The van der Waals surface area contributed by atoms with Crippen molar-refractivity contribution in [2.75, 3.05) is 20.2 Å². The molecule has 0 aliphatic rings. The third kappa shape index (κ3) is 6.52. The fourth-order valence-electron chi connectivity index (χ4n) is 1.13. The van der Waals surface area contributed by atoms with Gasteiger partial charge in [-0.05, 0) is 13.8 Å². The van der Waals surface area contributed by atoms with Crippen LogP contribution < -0.4 is 5.73 Å². The molecule has 0 aromatic carbocycles. The van der Waals surface area contributed by atoms with Gasteiger partial charge in [-0.25, -0.2) is 0 Å². The number of rotatable bonds is 7. The number of ether oxygens (including phenoxy) is 1. The van der Waals surface area contributed by atoms with E-state index in [0.29, 0.717) is 0 Å². The van der Waals surface area contributed by atoms with Crippen LogP contribution in [0.4, 0.5) is 0 Å². The Morgan fingerprint density at radius 1 is 1.29 bits per heavy atom. The van der Waals surface area contributed by atoms with E-state index in [4.69, 9.17) is 15.6 Å². The largest absolute Gasteiger partial charge is 0.480 e. The molecule has 0 fully saturated rings. The van der Waals surface area contributed by atoms with Crippen molar-refractivity contribution in [3.8, 4) is 0 Å². The summed E-state index contributed by atoms with van der Waals surface area (Å²) < 4.78 is 5.06. The number of nitrogens with two attached hydrogens (primary N) is 1. The second-order valence-corrected chi connectivity index (χ2v) is 4.25. The quantitative estimate of drug-likeness (QED) is 0.611. The summed E-state index contributed by atoms with van der Waals surface area (Å²) in [4.78, 5) is 33.9. The Bertz CT molecular complexity index is 298. The molecule has 17 heavy (non-hydrogen) atoms. The second kappa shape index (κ2) is 6.19. The molecule has 2 amide bonds. The van der Waals surface area contributed by atoms with Crippen LogP contribution in [0, 0.1) is 0 Å². The van der Waals surface area contributed by atoms with E-state index in [-0.39, 0.29) is 6.42 Å². The van der Waals surface area contributed by atoms with Gasteiger partial charge in [0.05, 0.1) is 18.6 Å². The second-order valence-electron chi connectivity index (χ2n) is 4.25. The van der Waals surface area contributed by atoms with Crippen LogP contribution in [-0.4, -0.2) is 53.6 Å². The van der Waals surface area contributed by atoms with Gasteiger partial charge in [-0.1, -0.05) is 0 Å². The lowest BCUT2D eigenvalue weighted by Crippen LogP contribution is -2.44. The fourth-order valence-corrected chi connectivity index (χ4v) is 1.13. The van der Waals surface area contributed by atoms with Crippen molar-refractivity contribution in [3.63, 3.8) is 0 Å². The standard InChI is InChI=1S/C10H18N2O5/c1-10(2,17-3)4-8(14)12(5-7(11)13)6-9(15)16/h4-6H2,1-3H3,(H2,11,13)(H,15,16). The molecule has 0 rings (SSSR count). The predicted molar refractivity (Wildman–Crippen MR) is 59.1 cm³/mol. The van der Waals surface area contributed by atoms with Gasteiger partial charge in [-0.2, -0.15) is 0 Å². The molecule has 0 saturated heterocycles. The zero-order chi connectivity index (χ0) is 13.6. The minimum absolute atomic E-state index is 0.0238. The molecule has 0 spiro atoms. The first kappa shape index (κ1) is 15.4. The van der Waals surface area contributed by atoms with Crippen LogP contribution in [-0.2, 0) is 19.1 Å². The number of hydrogen-bond acceptors (Lipinski definition) is 4. The molecular weight excluding hydrogens is 228 g/mol. The van der Waals surface area contributed by atoms with E-state index in [9.17, 15) is 14.4 Å². The summed E-state index contributed by atoms with van der Waals surface area (Å²) in [7, 11) is 1.45. The Kier molecular flexibility index (Phi) is 5.60. The summed E-state index contributed by atoms with van der Waals surface area (Å²) in [5.41, 5.74) is 4.23. The highest BCUT2D eigenvalue weighted by Gasteiger charge is 2.26. The molecule has 0 saturated carbocycles. The first-order valence-corrected chi connectivity index (χ1v) is 5.01. The zero-order valence-electron chi connectivity index (χ0n) is 10.2. The lowest BCUT2D eigenvalue weighted by atomic mass is 10.0. The summed E-state index contributed by atoms with van der Waals surface area (Å²) in [6.07, 6.45) is -0.0238. The minimum atomic E-state index is -1.20. The summed E-state index contributed by atoms with van der Waals surface area (Å²) in [6, 6.07) is 0. The lowest BCUT2D eigenvalue weighted by Gasteiger charge is -2.26. The molecule has 0 unspecified atom stereocenters. The molecule has 7 nitrogen and oxygen atoms in total. The number of methoxy groups -OCH3 is 1. The maximum atomic E-state index is 11.8. The molecule has 7 heteroatoms. The molecule has 98 valence electrons. The van der Waals surface area contributed by atoms with E-state index in [2.05, 4.69) is 0 Å². The van der Waals surface area contributed by atoms with Crippen LogP contribution >= 0.6 is 0 Å². The fraction of sp³-hybridized carbons (Fsp3) is 0.700. The van der Waals surface area contributed by atoms with Gasteiger partial charge in [-0.3, -0.25) is 14.4 Å². The van der Waals surface area contributed by atoms with Crippen LogP contribution in [0.15, 0.2) is 0 Å². The molecule has 0 aliphatic carbocycles. The number of nitrogens with zero attached hydrogens (tertiary/aromatic N) is 1. The minimum Gasteiger partial charge on any atom is -0.480 e. The van der Waals surface area contributed by atoms with Crippen LogP contribution in [0.1, 0.15) is 20.3 Å². The smallest absolute Gasteiger partial charge is 0.323 e. The summed E-state index contributed by atoms with van der Waals surface area (Å²) in [5, 5.41) is 8.62. The van der Waals surface area contributed by atoms with E-state index in [0.717, 1.165) is 4.90 Å². The van der Waals surface area contributed by atoms with E-state index in [1.807, 2.05) is 0 Å². The maximum Gasteiger partial charge on any atom is 0.323 e. The van der Waals surface area contributed by atoms with Gasteiger partial charge in [0, 0.05) is 7.11 Å². The molecule has 0 atom stereocenters. The van der Waals surface area contributed by atoms with Gasteiger partial charge < -0.3 is 20.5 Å². The number of carbonyl (C=O) groups is 3. The topological polar surface area (TPSA) is 110 Å².